The fourth-order valence-corrected chi connectivity index (χ4v) is 7.62. The Bertz CT molecular complexity index is 1580. The van der Waals surface area contributed by atoms with Gasteiger partial charge < -0.3 is 4.98 Å². The average molecular weight is 539 g/mol. The Morgan fingerprint density at radius 3 is 2.19 bits per heavy atom. The Balaban J connectivity index is 1.53. The molecule has 2 atom stereocenters. The molecule has 1 N–H and O–H groups in total. The Morgan fingerprint density at radius 1 is 0.861 bits per heavy atom. The van der Waals surface area contributed by atoms with Crippen LogP contribution in [0.1, 0.15) is 54.7 Å². The quantitative estimate of drug-likeness (QED) is 0.320. The van der Waals surface area contributed by atoms with Gasteiger partial charge in [-0.25, -0.2) is 0 Å². The highest BCUT2D eigenvalue weighted by molar-refractivity contribution is 9.10. The molecule has 0 bridgehead atoms. The van der Waals surface area contributed by atoms with Crippen LogP contribution < -0.4 is 0 Å². The number of carbonyl (C=O) groups is 3. The van der Waals surface area contributed by atoms with Gasteiger partial charge in [-0.1, -0.05) is 70.5 Å². The number of fused-ring (bicyclic) bond motifs is 5. The molecular formula is C30H23BrN2O3. The summed E-state index contributed by atoms with van der Waals surface area (Å²) < 4.78 is 0.940. The minimum absolute atomic E-state index is 0.133. The number of ketones is 3. The van der Waals surface area contributed by atoms with Crippen molar-refractivity contribution in [2.75, 3.05) is 13.6 Å². The third-order valence-electron chi connectivity index (χ3n) is 8.83. The molecule has 2 heterocycles. The van der Waals surface area contributed by atoms with Crippen LogP contribution in [0, 0.1) is 5.41 Å². The summed E-state index contributed by atoms with van der Waals surface area (Å²) in [6.45, 7) is 0.439. The SMILES string of the molecule is CN1C[C@@H](c2ccc(Br)cc2)[C@@]2(CCc3c([nH]c4ccccc34)C2=O)C12C(=O)c1ccccc1C2=O. The molecule has 5 nitrogen and oxygen atoms in total. The maximum atomic E-state index is 14.8. The van der Waals surface area contributed by atoms with Crippen LogP contribution in [0.3, 0.4) is 0 Å². The number of halogens is 1. The molecule has 2 spiro atoms. The summed E-state index contributed by atoms with van der Waals surface area (Å²) in [4.78, 5) is 48.8. The number of para-hydroxylation sites is 1. The van der Waals surface area contributed by atoms with Crippen molar-refractivity contribution < 1.29 is 14.4 Å². The first kappa shape index (κ1) is 21.9. The second-order valence-electron chi connectivity index (χ2n) is 10.2. The van der Waals surface area contributed by atoms with Gasteiger partial charge >= 0.3 is 0 Å². The van der Waals surface area contributed by atoms with E-state index in [1.54, 1.807) is 24.3 Å². The lowest BCUT2D eigenvalue weighted by atomic mass is 9.54. The van der Waals surface area contributed by atoms with Gasteiger partial charge in [-0.05, 0) is 49.2 Å². The molecule has 2 aliphatic carbocycles. The van der Waals surface area contributed by atoms with E-state index in [-0.39, 0.29) is 23.3 Å². The van der Waals surface area contributed by atoms with Crippen LogP contribution >= 0.6 is 15.9 Å². The number of hydrogen-bond donors (Lipinski definition) is 1. The van der Waals surface area contributed by atoms with Gasteiger partial charge in [0.15, 0.2) is 22.9 Å². The largest absolute Gasteiger partial charge is 0.352 e. The molecule has 1 fully saturated rings. The zero-order chi connectivity index (χ0) is 24.8. The smallest absolute Gasteiger partial charge is 0.192 e. The molecular weight excluding hydrogens is 516 g/mol. The topological polar surface area (TPSA) is 70.2 Å². The zero-order valence-corrected chi connectivity index (χ0v) is 21.3. The van der Waals surface area contributed by atoms with Gasteiger partial charge in [-0.3, -0.25) is 19.3 Å². The van der Waals surface area contributed by atoms with Crippen LogP contribution in [0.4, 0.5) is 0 Å². The monoisotopic (exact) mass is 538 g/mol. The van der Waals surface area contributed by atoms with E-state index >= 15 is 0 Å². The number of hydrogen-bond acceptors (Lipinski definition) is 4. The molecule has 1 aromatic heterocycles. The summed E-state index contributed by atoms with van der Waals surface area (Å²) in [7, 11) is 1.83. The molecule has 0 amide bonds. The van der Waals surface area contributed by atoms with Crippen LogP contribution in [0.15, 0.2) is 77.3 Å². The Kier molecular flexibility index (Phi) is 4.46. The molecule has 3 aromatic carbocycles. The number of nitrogens with zero attached hydrogens (tertiary/aromatic N) is 1. The Morgan fingerprint density at radius 2 is 1.50 bits per heavy atom. The van der Waals surface area contributed by atoms with Gasteiger partial charge in [0.2, 0.25) is 0 Å². The van der Waals surface area contributed by atoms with Crippen LogP contribution in [0.5, 0.6) is 0 Å². The van der Waals surface area contributed by atoms with E-state index in [2.05, 4.69) is 20.9 Å². The highest BCUT2D eigenvalue weighted by Gasteiger charge is 2.76. The summed E-state index contributed by atoms with van der Waals surface area (Å²) >= 11 is 3.51. The van der Waals surface area contributed by atoms with Gasteiger partial charge in [-0.2, -0.15) is 0 Å². The molecule has 0 unspecified atom stereocenters. The molecule has 4 aromatic rings. The average Bonchev–Trinajstić information content (AvgIpc) is 3.48. The van der Waals surface area contributed by atoms with Crippen molar-refractivity contribution in [3.05, 3.63) is 105 Å². The van der Waals surface area contributed by atoms with Gasteiger partial charge in [0, 0.05) is 39.0 Å². The van der Waals surface area contributed by atoms with Crippen LogP contribution in [0.25, 0.3) is 10.9 Å². The minimum atomic E-state index is -1.57. The van der Waals surface area contributed by atoms with Crippen LogP contribution in [0.2, 0.25) is 0 Å². The molecule has 0 saturated carbocycles. The van der Waals surface area contributed by atoms with Gasteiger partial charge in [-0.15, -0.1) is 0 Å². The number of nitrogens with one attached hydrogen (secondary N) is 1. The highest BCUT2D eigenvalue weighted by atomic mass is 79.9. The van der Waals surface area contributed by atoms with E-state index in [1.165, 1.54) is 0 Å². The third-order valence-corrected chi connectivity index (χ3v) is 9.36. The van der Waals surface area contributed by atoms with Crippen molar-refractivity contribution in [1.29, 1.82) is 0 Å². The van der Waals surface area contributed by atoms with Crippen molar-refractivity contribution >= 4 is 44.2 Å². The van der Waals surface area contributed by atoms with Crippen molar-refractivity contribution in [2.24, 2.45) is 5.41 Å². The first-order valence-corrected chi connectivity index (χ1v) is 13.0. The maximum Gasteiger partial charge on any atom is 0.192 e. The summed E-state index contributed by atoms with van der Waals surface area (Å²) in [5.74, 6) is -0.951. The number of carbonyl (C=O) groups excluding carboxylic acids is 3. The lowest BCUT2D eigenvalue weighted by Gasteiger charge is -2.46. The number of likely N-dealkylation sites (tertiary alicyclic amines) is 1. The first-order valence-electron chi connectivity index (χ1n) is 12.2. The highest BCUT2D eigenvalue weighted by Crippen LogP contribution is 2.63. The summed E-state index contributed by atoms with van der Waals surface area (Å²) in [6, 6.07) is 22.9. The van der Waals surface area contributed by atoms with Crippen LogP contribution in [-0.4, -0.2) is 46.4 Å². The van der Waals surface area contributed by atoms with E-state index in [4.69, 9.17) is 0 Å². The number of H-pyrrole nitrogens is 1. The predicted molar refractivity (Wildman–Crippen MR) is 141 cm³/mol. The van der Waals surface area contributed by atoms with Crippen molar-refractivity contribution in [2.45, 2.75) is 24.3 Å². The lowest BCUT2D eigenvalue weighted by Crippen LogP contribution is -2.65. The molecule has 7 rings (SSSR count). The minimum Gasteiger partial charge on any atom is -0.352 e. The number of Topliss-reactive ketones (excluding diaryl/α,β-unsaturated/α-hetero) is 3. The van der Waals surface area contributed by atoms with Crippen molar-refractivity contribution in [1.82, 2.24) is 9.88 Å². The van der Waals surface area contributed by atoms with Crippen molar-refractivity contribution in [3.8, 4) is 0 Å². The van der Waals surface area contributed by atoms with E-state index in [0.29, 0.717) is 36.2 Å². The fraction of sp³-hybridized carbons (Fsp3) is 0.233. The van der Waals surface area contributed by atoms with E-state index in [1.807, 2.05) is 60.5 Å². The first-order chi connectivity index (χ1) is 17.4. The number of likely N-dealkylation sites (N-methyl/N-ethyl adjacent to an activating group) is 1. The van der Waals surface area contributed by atoms with Gasteiger partial charge in [0.05, 0.1) is 11.1 Å². The van der Waals surface area contributed by atoms with E-state index in [0.717, 1.165) is 26.5 Å². The number of aryl methyl sites for hydroxylation is 1. The maximum absolute atomic E-state index is 14.8. The normalized spacial score (nSPS) is 24.7. The van der Waals surface area contributed by atoms with E-state index < -0.39 is 11.0 Å². The summed E-state index contributed by atoms with van der Waals surface area (Å²) in [5, 5.41) is 1.03. The molecule has 3 aliphatic rings. The van der Waals surface area contributed by atoms with Gasteiger partial charge in [0.25, 0.3) is 0 Å². The molecule has 1 aliphatic heterocycles. The fourth-order valence-electron chi connectivity index (χ4n) is 7.36. The second kappa shape index (κ2) is 7.34. The lowest BCUT2D eigenvalue weighted by molar-refractivity contribution is 0.0278. The second-order valence-corrected chi connectivity index (χ2v) is 11.1. The molecule has 1 saturated heterocycles. The summed E-state index contributed by atoms with van der Waals surface area (Å²) in [5.41, 5.74) is 1.43. The molecule has 178 valence electrons. The molecule has 0 radical (unpaired) electrons. The standard InChI is InChI=1S/C30H23BrN2O3/c1-33-16-23(17-10-12-18(31)13-11-17)29(30(33)26(34)21-7-2-3-8-22(21)27(30)35)15-14-20-19-6-4-5-9-24(19)32-25(20)28(29)36/h2-13,23,32H,14-16H2,1H3/t23-,29+/m0/s1. The Hall–Kier alpha value is -3.35. The Labute approximate surface area is 216 Å². The predicted octanol–water partition coefficient (Wildman–Crippen LogP) is 5.59. The van der Waals surface area contributed by atoms with Crippen LogP contribution in [-0.2, 0) is 6.42 Å². The molecule has 36 heavy (non-hydrogen) atoms. The molecule has 6 heteroatoms. The third kappa shape index (κ3) is 2.41. The number of benzene rings is 3. The number of rotatable bonds is 1. The summed E-state index contributed by atoms with van der Waals surface area (Å²) in [6.07, 6.45) is 1.04. The zero-order valence-electron chi connectivity index (χ0n) is 19.7. The van der Waals surface area contributed by atoms with E-state index in [9.17, 15) is 14.4 Å². The number of aromatic nitrogens is 1. The number of aromatic amines is 1. The van der Waals surface area contributed by atoms with Gasteiger partial charge in [0.1, 0.15) is 0 Å². The van der Waals surface area contributed by atoms with Crippen molar-refractivity contribution in [3.63, 3.8) is 0 Å².